The number of ether oxygens (including phenoxy) is 1. The van der Waals surface area contributed by atoms with Gasteiger partial charge in [0.2, 0.25) is 5.91 Å². The molecule has 1 amide bonds. The third-order valence-electron chi connectivity index (χ3n) is 5.05. The molecule has 8 heteroatoms. The second-order valence-corrected chi connectivity index (χ2v) is 7.35. The smallest absolute Gasteiger partial charge is 0.239 e. The molecule has 2 aromatic heterocycles. The number of nitrogens with two attached hydrogens (primary N) is 1. The van der Waals surface area contributed by atoms with Crippen LogP contribution in [-0.4, -0.2) is 38.7 Å². The lowest BCUT2D eigenvalue weighted by molar-refractivity contribution is -0.121. The van der Waals surface area contributed by atoms with Crippen LogP contribution >= 0.6 is 0 Å². The first kappa shape index (κ1) is 21.3. The lowest BCUT2D eigenvalue weighted by atomic mass is 10.1. The number of aliphatic hydroxyl groups is 1. The van der Waals surface area contributed by atoms with Crippen molar-refractivity contribution in [1.29, 1.82) is 0 Å². The minimum absolute atomic E-state index is 0.112. The van der Waals surface area contributed by atoms with E-state index < -0.39 is 0 Å². The van der Waals surface area contributed by atoms with Crippen molar-refractivity contribution >= 4 is 22.8 Å². The first-order valence-electron chi connectivity index (χ1n) is 10.5. The van der Waals surface area contributed by atoms with Gasteiger partial charge in [-0.3, -0.25) is 4.79 Å². The fraction of sp³-hybridized carbons (Fsp3) is 0.208. The number of amides is 1. The molecule has 0 bridgehead atoms. The predicted octanol–water partition coefficient (Wildman–Crippen LogP) is 3.36. The van der Waals surface area contributed by atoms with Gasteiger partial charge in [0.05, 0.1) is 5.39 Å². The Bertz CT molecular complexity index is 1190. The van der Waals surface area contributed by atoms with Crippen molar-refractivity contribution < 1.29 is 14.6 Å². The molecule has 8 nitrogen and oxygen atoms in total. The molecule has 0 aliphatic carbocycles. The molecule has 4 N–H and O–H groups in total. The number of aliphatic hydroxyl groups excluding tert-OH is 1. The number of anilines is 1. The molecular formula is C24H25N5O3. The van der Waals surface area contributed by atoms with Crippen LogP contribution in [0.3, 0.4) is 0 Å². The summed E-state index contributed by atoms with van der Waals surface area (Å²) in [5.74, 6) is 1.71. The van der Waals surface area contributed by atoms with Gasteiger partial charge >= 0.3 is 0 Å². The van der Waals surface area contributed by atoms with Crippen molar-refractivity contribution in [3.8, 4) is 22.6 Å². The van der Waals surface area contributed by atoms with E-state index in [0.29, 0.717) is 29.8 Å². The van der Waals surface area contributed by atoms with E-state index in [0.717, 1.165) is 29.0 Å². The maximum Gasteiger partial charge on any atom is 0.239 e. The number of nitrogens with one attached hydrogen (secondary N) is 1. The van der Waals surface area contributed by atoms with E-state index in [2.05, 4.69) is 15.3 Å². The van der Waals surface area contributed by atoms with Crippen molar-refractivity contribution in [2.24, 2.45) is 0 Å². The van der Waals surface area contributed by atoms with Crippen molar-refractivity contribution in [1.82, 2.24) is 19.9 Å². The average Bonchev–Trinajstić information content (AvgIpc) is 3.17. The van der Waals surface area contributed by atoms with Gasteiger partial charge in [0, 0.05) is 24.9 Å². The zero-order valence-corrected chi connectivity index (χ0v) is 17.6. The van der Waals surface area contributed by atoms with Gasteiger partial charge in [0.15, 0.2) is 0 Å². The number of carbonyl (C=O) groups excluding carboxylic acids is 1. The van der Waals surface area contributed by atoms with E-state index in [-0.39, 0.29) is 19.1 Å². The van der Waals surface area contributed by atoms with Crippen LogP contribution in [-0.2, 0) is 11.3 Å². The highest BCUT2D eigenvalue weighted by molar-refractivity contribution is 6.01. The van der Waals surface area contributed by atoms with Gasteiger partial charge in [-0.1, -0.05) is 30.3 Å². The molecule has 0 aliphatic heterocycles. The minimum atomic E-state index is -0.129. The fourth-order valence-electron chi connectivity index (χ4n) is 3.49. The van der Waals surface area contributed by atoms with Gasteiger partial charge in [0.25, 0.3) is 0 Å². The van der Waals surface area contributed by atoms with Crippen LogP contribution in [0.2, 0.25) is 0 Å². The molecule has 0 saturated heterocycles. The number of benzene rings is 2. The molecule has 0 unspecified atom stereocenters. The second-order valence-electron chi connectivity index (χ2n) is 7.35. The van der Waals surface area contributed by atoms with Gasteiger partial charge in [-0.25, -0.2) is 9.97 Å². The van der Waals surface area contributed by atoms with Crippen LogP contribution in [0.25, 0.3) is 22.2 Å². The number of hydrogen-bond donors (Lipinski definition) is 3. The molecule has 0 aliphatic rings. The summed E-state index contributed by atoms with van der Waals surface area (Å²) in [6, 6.07) is 17.2. The Morgan fingerprint density at radius 1 is 1.03 bits per heavy atom. The molecule has 32 heavy (non-hydrogen) atoms. The lowest BCUT2D eigenvalue weighted by Gasteiger charge is -2.07. The Kier molecular flexibility index (Phi) is 6.62. The zero-order chi connectivity index (χ0) is 22.3. The molecule has 0 radical (unpaired) electrons. The normalized spacial score (nSPS) is 10.9. The van der Waals surface area contributed by atoms with Gasteiger partial charge in [-0.15, -0.1) is 0 Å². The van der Waals surface area contributed by atoms with Crippen molar-refractivity contribution in [3.05, 3.63) is 67.1 Å². The molecule has 2 aromatic carbocycles. The predicted molar refractivity (Wildman–Crippen MR) is 123 cm³/mol. The number of aromatic nitrogens is 3. The van der Waals surface area contributed by atoms with E-state index in [9.17, 15) is 4.79 Å². The number of nitrogen functional groups attached to an aromatic ring is 1. The Morgan fingerprint density at radius 3 is 2.53 bits per heavy atom. The van der Waals surface area contributed by atoms with Gasteiger partial charge in [-0.05, 0) is 42.7 Å². The van der Waals surface area contributed by atoms with Gasteiger partial charge < -0.3 is 25.5 Å². The Labute approximate surface area is 185 Å². The summed E-state index contributed by atoms with van der Waals surface area (Å²) in [7, 11) is 0. The SMILES string of the molecule is Nc1ncnc2c1c(-c1ccc(Oc3ccccc3)cc1)cn2CC(=O)NCCCCO. The largest absolute Gasteiger partial charge is 0.457 e. The van der Waals surface area contributed by atoms with E-state index in [1.807, 2.05) is 60.8 Å². The van der Waals surface area contributed by atoms with Crippen LogP contribution in [0.15, 0.2) is 67.1 Å². The van der Waals surface area contributed by atoms with Gasteiger partial charge in [-0.2, -0.15) is 0 Å². The summed E-state index contributed by atoms with van der Waals surface area (Å²) in [5, 5.41) is 12.4. The standard InChI is InChI=1S/C24H25N5O3/c25-23-22-20(17-8-10-19(11-9-17)32-18-6-2-1-3-7-18)14-29(24(22)28-16-27-23)15-21(31)26-12-4-5-13-30/h1-3,6-11,14,16,30H,4-5,12-13,15H2,(H,26,31)(H2,25,27,28). The number of para-hydroxylation sites is 1. The van der Waals surface area contributed by atoms with E-state index in [4.69, 9.17) is 15.6 Å². The maximum atomic E-state index is 12.4. The summed E-state index contributed by atoms with van der Waals surface area (Å²) < 4.78 is 7.65. The van der Waals surface area contributed by atoms with Crippen molar-refractivity contribution in [2.75, 3.05) is 18.9 Å². The highest BCUT2D eigenvalue weighted by atomic mass is 16.5. The molecule has 4 aromatic rings. The van der Waals surface area contributed by atoms with Crippen LogP contribution in [0.4, 0.5) is 5.82 Å². The number of fused-ring (bicyclic) bond motifs is 1. The first-order chi connectivity index (χ1) is 15.7. The third kappa shape index (κ3) is 4.87. The van der Waals surface area contributed by atoms with Crippen LogP contribution < -0.4 is 15.8 Å². The van der Waals surface area contributed by atoms with Crippen LogP contribution in [0.1, 0.15) is 12.8 Å². The molecule has 0 saturated carbocycles. The number of hydrogen-bond acceptors (Lipinski definition) is 6. The average molecular weight is 431 g/mol. The Hall–Kier alpha value is -3.91. The summed E-state index contributed by atoms with van der Waals surface area (Å²) in [4.78, 5) is 20.9. The molecule has 2 heterocycles. The quantitative estimate of drug-likeness (QED) is 0.350. The summed E-state index contributed by atoms with van der Waals surface area (Å²) in [6.07, 6.45) is 4.65. The van der Waals surface area contributed by atoms with E-state index >= 15 is 0 Å². The Balaban J connectivity index is 1.58. The number of rotatable bonds is 9. The fourth-order valence-corrected chi connectivity index (χ4v) is 3.49. The number of nitrogens with zero attached hydrogens (tertiary/aromatic N) is 3. The topological polar surface area (TPSA) is 115 Å². The molecule has 0 spiro atoms. The monoisotopic (exact) mass is 431 g/mol. The number of carbonyl (C=O) groups is 1. The third-order valence-corrected chi connectivity index (χ3v) is 5.05. The van der Waals surface area contributed by atoms with Crippen molar-refractivity contribution in [3.63, 3.8) is 0 Å². The summed E-state index contributed by atoms with van der Waals surface area (Å²) in [5.41, 5.74) is 8.53. The van der Waals surface area contributed by atoms with Crippen LogP contribution in [0, 0.1) is 0 Å². The molecule has 164 valence electrons. The number of unbranched alkanes of at least 4 members (excludes halogenated alkanes) is 1. The van der Waals surface area contributed by atoms with E-state index in [1.54, 1.807) is 4.57 Å². The van der Waals surface area contributed by atoms with Crippen LogP contribution in [0.5, 0.6) is 11.5 Å². The maximum absolute atomic E-state index is 12.4. The minimum Gasteiger partial charge on any atom is -0.457 e. The molecular weight excluding hydrogens is 406 g/mol. The Morgan fingerprint density at radius 2 is 1.78 bits per heavy atom. The van der Waals surface area contributed by atoms with E-state index in [1.165, 1.54) is 6.33 Å². The molecule has 0 fully saturated rings. The molecule has 0 atom stereocenters. The molecule has 4 rings (SSSR count). The first-order valence-corrected chi connectivity index (χ1v) is 10.5. The lowest BCUT2D eigenvalue weighted by Crippen LogP contribution is -2.28. The van der Waals surface area contributed by atoms with Gasteiger partial charge in [0.1, 0.15) is 35.8 Å². The highest BCUT2D eigenvalue weighted by Crippen LogP contribution is 2.34. The zero-order valence-electron chi connectivity index (χ0n) is 17.6. The van der Waals surface area contributed by atoms with Crippen molar-refractivity contribution in [2.45, 2.75) is 19.4 Å². The summed E-state index contributed by atoms with van der Waals surface area (Å²) in [6.45, 7) is 0.750. The highest BCUT2D eigenvalue weighted by Gasteiger charge is 2.16. The second kappa shape index (κ2) is 9.93. The summed E-state index contributed by atoms with van der Waals surface area (Å²) >= 11 is 0.